The van der Waals surface area contributed by atoms with E-state index in [1.54, 1.807) is 24.5 Å². The zero-order chi connectivity index (χ0) is 15.9. The minimum Gasteiger partial charge on any atom is -0.352 e. The molecule has 0 aliphatic heterocycles. The third-order valence-electron chi connectivity index (χ3n) is 3.07. The molecular formula is C16H22FIN4S. The van der Waals surface area contributed by atoms with Gasteiger partial charge in [0.1, 0.15) is 5.82 Å². The standard InChI is InChI=1S/C16H21FN4S.HI/c1-11(2)15-21-14(10-22-15)9-20-16(18-3)19-8-12-5-4-6-13(17)7-12;/h4-7,10-11H,8-9H2,1-3H3,(H2,18,19,20);1H. The molecule has 0 atom stereocenters. The molecule has 1 heterocycles. The summed E-state index contributed by atoms with van der Waals surface area (Å²) < 4.78 is 13.1. The number of rotatable bonds is 5. The zero-order valence-electron chi connectivity index (χ0n) is 13.5. The molecule has 2 rings (SSSR count). The van der Waals surface area contributed by atoms with Crippen molar-refractivity contribution in [2.75, 3.05) is 7.05 Å². The fourth-order valence-corrected chi connectivity index (χ4v) is 2.73. The van der Waals surface area contributed by atoms with Crippen LogP contribution in [0.5, 0.6) is 0 Å². The molecule has 1 aromatic heterocycles. The van der Waals surface area contributed by atoms with Gasteiger partial charge in [0.25, 0.3) is 0 Å². The number of aromatic nitrogens is 1. The molecule has 2 aromatic rings. The summed E-state index contributed by atoms with van der Waals surface area (Å²) in [5, 5.41) is 9.57. The van der Waals surface area contributed by atoms with Crippen LogP contribution in [-0.4, -0.2) is 18.0 Å². The number of hydrogen-bond acceptors (Lipinski definition) is 3. The molecule has 0 unspecified atom stereocenters. The van der Waals surface area contributed by atoms with Gasteiger partial charge in [0.2, 0.25) is 0 Å². The summed E-state index contributed by atoms with van der Waals surface area (Å²) in [4.78, 5) is 8.73. The molecule has 4 nitrogen and oxygen atoms in total. The smallest absolute Gasteiger partial charge is 0.191 e. The highest BCUT2D eigenvalue weighted by molar-refractivity contribution is 14.0. The molecule has 0 radical (unpaired) electrons. The van der Waals surface area contributed by atoms with Crippen LogP contribution in [0.25, 0.3) is 0 Å². The van der Waals surface area contributed by atoms with Crippen molar-refractivity contribution in [2.24, 2.45) is 4.99 Å². The van der Waals surface area contributed by atoms with Crippen molar-refractivity contribution in [1.82, 2.24) is 15.6 Å². The van der Waals surface area contributed by atoms with Gasteiger partial charge in [0.15, 0.2) is 5.96 Å². The number of thiazole rings is 1. The maximum Gasteiger partial charge on any atom is 0.191 e. The lowest BCUT2D eigenvalue weighted by Crippen LogP contribution is -2.36. The molecule has 0 aliphatic rings. The second kappa shape index (κ2) is 9.82. The summed E-state index contributed by atoms with van der Waals surface area (Å²) in [5.74, 6) is 0.887. The largest absolute Gasteiger partial charge is 0.352 e. The second-order valence-corrected chi connectivity index (χ2v) is 6.13. The summed E-state index contributed by atoms with van der Waals surface area (Å²) in [6.45, 7) is 5.41. The molecule has 0 amide bonds. The zero-order valence-corrected chi connectivity index (χ0v) is 16.6. The Bertz CT molecular complexity index is 643. The highest BCUT2D eigenvalue weighted by Crippen LogP contribution is 2.18. The van der Waals surface area contributed by atoms with E-state index >= 15 is 0 Å². The molecule has 0 fully saturated rings. The Morgan fingerprint density at radius 2 is 2.04 bits per heavy atom. The molecular weight excluding hydrogens is 426 g/mol. The van der Waals surface area contributed by atoms with E-state index in [1.165, 1.54) is 12.1 Å². The fraction of sp³-hybridized carbons (Fsp3) is 0.375. The maximum atomic E-state index is 13.1. The van der Waals surface area contributed by atoms with Crippen LogP contribution in [0.15, 0.2) is 34.6 Å². The average Bonchev–Trinajstić information content (AvgIpc) is 2.97. The molecule has 0 aliphatic carbocycles. The van der Waals surface area contributed by atoms with E-state index in [4.69, 9.17) is 0 Å². The molecule has 0 saturated carbocycles. The van der Waals surface area contributed by atoms with Crippen LogP contribution in [0.2, 0.25) is 0 Å². The van der Waals surface area contributed by atoms with E-state index < -0.39 is 0 Å². The van der Waals surface area contributed by atoms with E-state index in [2.05, 4.69) is 39.8 Å². The maximum absolute atomic E-state index is 13.1. The highest BCUT2D eigenvalue weighted by Gasteiger charge is 2.06. The number of hydrogen-bond donors (Lipinski definition) is 2. The molecule has 0 bridgehead atoms. The number of halogens is 2. The summed E-state index contributed by atoms with van der Waals surface area (Å²) in [7, 11) is 1.71. The van der Waals surface area contributed by atoms with E-state index in [0.717, 1.165) is 16.3 Å². The predicted molar refractivity (Wildman–Crippen MR) is 105 cm³/mol. The Balaban J connectivity index is 0.00000264. The number of nitrogens with zero attached hydrogens (tertiary/aromatic N) is 2. The lowest BCUT2D eigenvalue weighted by molar-refractivity contribution is 0.624. The molecule has 2 N–H and O–H groups in total. The molecule has 7 heteroatoms. The van der Waals surface area contributed by atoms with Gasteiger partial charge < -0.3 is 10.6 Å². The molecule has 23 heavy (non-hydrogen) atoms. The number of nitrogens with one attached hydrogen (secondary N) is 2. The average molecular weight is 448 g/mol. The van der Waals surface area contributed by atoms with Gasteiger partial charge in [-0.15, -0.1) is 35.3 Å². The van der Waals surface area contributed by atoms with Crippen LogP contribution in [-0.2, 0) is 13.1 Å². The summed E-state index contributed by atoms with van der Waals surface area (Å²) in [6, 6.07) is 6.52. The quantitative estimate of drug-likeness (QED) is 0.415. The van der Waals surface area contributed by atoms with E-state index in [-0.39, 0.29) is 29.8 Å². The third kappa shape index (κ3) is 6.42. The third-order valence-corrected chi connectivity index (χ3v) is 4.27. The topological polar surface area (TPSA) is 49.3 Å². The predicted octanol–water partition coefficient (Wildman–Crippen LogP) is 3.89. The van der Waals surface area contributed by atoms with Crippen molar-refractivity contribution in [3.8, 4) is 0 Å². The van der Waals surface area contributed by atoms with Gasteiger partial charge in [0, 0.05) is 24.9 Å². The SMILES string of the molecule is CN=C(NCc1cccc(F)c1)NCc1csc(C(C)C)n1.I. The monoisotopic (exact) mass is 448 g/mol. The summed E-state index contributed by atoms with van der Waals surface area (Å²) in [5.41, 5.74) is 1.88. The minimum atomic E-state index is -0.231. The van der Waals surface area contributed by atoms with Gasteiger partial charge in [-0.3, -0.25) is 4.99 Å². The van der Waals surface area contributed by atoms with Gasteiger partial charge in [-0.25, -0.2) is 9.37 Å². The van der Waals surface area contributed by atoms with E-state index in [0.29, 0.717) is 25.0 Å². The first kappa shape index (κ1) is 19.8. The van der Waals surface area contributed by atoms with Gasteiger partial charge in [-0.05, 0) is 17.7 Å². The van der Waals surface area contributed by atoms with Crippen molar-refractivity contribution in [2.45, 2.75) is 32.9 Å². The number of guanidine groups is 1. The number of benzene rings is 1. The Morgan fingerprint density at radius 1 is 1.30 bits per heavy atom. The van der Waals surface area contributed by atoms with Gasteiger partial charge >= 0.3 is 0 Å². The van der Waals surface area contributed by atoms with Crippen LogP contribution in [0, 0.1) is 5.82 Å². The van der Waals surface area contributed by atoms with E-state index in [9.17, 15) is 4.39 Å². The first-order valence-electron chi connectivity index (χ1n) is 7.21. The number of aliphatic imine (C=N–C) groups is 1. The Hall–Kier alpha value is -1.22. The first-order chi connectivity index (χ1) is 10.6. The lowest BCUT2D eigenvalue weighted by Gasteiger charge is -2.11. The second-order valence-electron chi connectivity index (χ2n) is 5.24. The van der Waals surface area contributed by atoms with Crippen LogP contribution in [0.1, 0.15) is 36.0 Å². The van der Waals surface area contributed by atoms with Crippen LogP contribution in [0.3, 0.4) is 0 Å². The van der Waals surface area contributed by atoms with Crippen molar-refractivity contribution in [1.29, 1.82) is 0 Å². The molecule has 0 spiro atoms. The van der Waals surface area contributed by atoms with Gasteiger partial charge in [-0.1, -0.05) is 26.0 Å². The van der Waals surface area contributed by atoms with Gasteiger partial charge in [-0.2, -0.15) is 0 Å². The fourth-order valence-electron chi connectivity index (χ4n) is 1.90. The Morgan fingerprint density at radius 3 is 2.65 bits per heavy atom. The Labute approximate surface area is 157 Å². The summed E-state index contributed by atoms with van der Waals surface area (Å²) in [6.07, 6.45) is 0. The van der Waals surface area contributed by atoms with Crippen molar-refractivity contribution >= 4 is 41.3 Å². The normalized spacial score (nSPS) is 11.3. The minimum absolute atomic E-state index is 0. The van der Waals surface area contributed by atoms with Crippen molar-refractivity contribution in [3.63, 3.8) is 0 Å². The van der Waals surface area contributed by atoms with Crippen LogP contribution >= 0.6 is 35.3 Å². The highest BCUT2D eigenvalue weighted by atomic mass is 127. The first-order valence-corrected chi connectivity index (χ1v) is 8.09. The lowest BCUT2D eigenvalue weighted by atomic mass is 10.2. The van der Waals surface area contributed by atoms with Gasteiger partial charge in [0.05, 0.1) is 17.2 Å². The van der Waals surface area contributed by atoms with Crippen molar-refractivity contribution < 1.29 is 4.39 Å². The molecule has 126 valence electrons. The molecule has 0 saturated heterocycles. The van der Waals surface area contributed by atoms with E-state index in [1.807, 2.05) is 6.07 Å². The van der Waals surface area contributed by atoms with Crippen molar-refractivity contribution in [3.05, 3.63) is 51.7 Å². The Kier molecular flexibility index (Phi) is 8.46. The molecule has 1 aromatic carbocycles. The van der Waals surface area contributed by atoms with Crippen LogP contribution in [0.4, 0.5) is 4.39 Å². The van der Waals surface area contributed by atoms with Crippen LogP contribution < -0.4 is 10.6 Å². The summed E-state index contributed by atoms with van der Waals surface area (Å²) >= 11 is 1.68.